The second kappa shape index (κ2) is 4.32. The highest BCUT2D eigenvalue weighted by Crippen LogP contribution is 2.33. The van der Waals surface area contributed by atoms with Crippen LogP contribution in [0.2, 0.25) is 0 Å². The van der Waals surface area contributed by atoms with Gasteiger partial charge in [-0.1, -0.05) is 12.1 Å². The first-order valence-corrected chi connectivity index (χ1v) is 5.38. The van der Waals surface area contributed by atoms with E-state index in [1.807, 2.05) is 0 Å². The zero-order valence-electron chi connectivity index (χ0n) is 8.11. The first kappa shape index (κ1) is 10.6. The Balaban J connectivity index is 2.36. The van der Waals surface area contributed by atoms with Crippen LogP contribution in [0.25, 0.3) is 10.4 Å². The number of carboxylic acid groups (broad SMARTS) is 1. The van der Waals surface area contributed by atoms with Crippen molar-refractivity contribution in [2.24, 2.45) is 0 Å². The molecule has 0 unspecified atom stereocenters. The summed E-state index contributed by atoms with van der Waals surface area (Å²) in [6.07, 6.45) is -1.11. The van der Waals surface area contributed by atoms with E-state index in [1.54, 1.807) is 23.6 Å². The number of hydrogen-bond acceptors (Lipinski definition) is 2. The molecular formula is C11H8FNO2S. The van der Waals surface area contributed by atoms with Crippen molar-refractivity contribution in [2.75, 3.05) is 5.32 Å². The highest BCUT2D eigenvalue weighted by molar-refractivity contribution is 7.14. The molecule has 0 bridgehead atoms. The van der Waals surface area contributed by atoms with Gasteiger partial charge in [-0.3, -0.25) is 5.32 Å². The van der Waals surface area contributed by atoms with E-state index in [9.17, 15) is 9.18 Å². The monoisotopic (exact) mass is 237 g/mol. The molecule has 0 radical (unpaired) electrons. The predicted molar refractivity (Wildman–Crippen MR) is 61.4 cm³/mol. The standard InChI is InChI=1S/C11H8FNO2S/c12-8-3-1-7(2-4-8)10-9(5-6-16-10)13-11(14)15/h1-6,13H,(H,14,15). The van der Waals surface area contributed by atoms with E-state index >= 15 is 0 Å². The molecule has 0 saturated carbocycles. The fraction of sp³-hybridized carbons (Fsp3) is 0. The maximum atomic E-state index is 12.7. The molecular weight excluding hydrogens is 229 g/mol. The third kappa shape index (κ3) is 2.20. The molecule has 1 heterocycles. The second-order valence-electron chi connectivity index (χ2n) is 3.10. The summed E-state index contributed by atoms with van der Waals surface area (Å²) >= 11 is 1.40. The minimum absolute atomic E-state index is 0.312. The topological polar surface area (TPSA) is 49.3 Å². The molecule has 0 spiro atoms. The van der Waals surface area contributed by atoms with Crippen LogP contribution in [0.15, 0.2) is 35.7 Å². The van der Waals surface area contributed by atoms with Crippen LogP contribution in [0.4, 0.5) is 14.9 Å². The van der Waals surface area contributed by atoms with Crippen molar-refractivity contribution in [3.63, 3.8) is 0 Å². The fourth-order valence-corrected chi connectivity index (χ4v) is 2.21. The molecule has 0 aliphatic rings. The number of anilines is 1. The Morgan fingerprint density at radius 2 is 1.94 bits per heavy atom. The van der Waals surface area contributed by atoms with Crippen LogP contribution in [0.5, 0.6) is 0 Å². The highest BCUT2D eigenvalue weighted by atomic mass is 32.1. The van der Waals surface area contributed by atoms with Crippen LogP contribution < -0.4 is 5.32 Å². The van der Waals surface area contributed by atoms with Crippen LogP contribution in [0, 0.1) is 5.82 Å². The first-order chi connectivity index (χ1) is 7.66. The average Bonchev–Trinajstić information content (AvgIpc) is 2.66. The van der Waals surface area contributed by atoms with Gasteiger partial charge in [-0.25, -0.2) is 9.18 Å². The minimum atomic E-state index is -1.11. The summed E-state index contributed by atoms with van der Waals surface area (Å²) in [5, 5.41) is 12.7. The van der Waals surface area contributed by atoms with Gasteiger partial charge in [-0.05, 0) is 29.1 Å². The maximum Gasteiger partial charge on any atom is 0.409 e. The van der Waals surface area contributed by atoms with Gasteiger partial charge < -0.3 is 5.11 Å². The Labute approximate surface area is 95.2 Å². The van der Waals surface area contributed by atoms with Crippen LogP contribution in [0.3, 0.4) is 0 Å². The van der Waals surface area contributed by atoms with Crippen LogP contribution in [-0.2, 0) is 0 Å². The molecule has 0 saturated heterocycles. The number of hydrogen-bond donors (Lipinski definition) is 2. The molecule has 0 aliphatic carbocycles. The number of nitrogens with one attached hydrogen (secondary N) is 1. The molecule has 2 aromatic rings. The molecule has 2 rings (SSSR count). The van der Waals surface area contributed by atoms with Crippen molar-refractivity contribution in [1.82, 2.24) is 0 Å². The zero-order valence-corrected chi connectivity index (χ0v) is 8.92. The number of amides is 1. The third-order valence-electron chi connectivity index (χ3n) is 2.01. The molecule has 1 aromatic carbocycles. The average molecular weight is 237 g/mol. The van der Waals surface area contributed by atoms with Crippen molar-refractivity contribution in [3.05, 3.63) is 41.5 Å². The van der Waals surface area contributed by atoms with E-state index < -0.39 is 6.09 Å². The van der Waals surface area contributed by atoms with Gasteiger partial charge in [0.05, 0.1) is 10.6 Å². The van der Waals surface area contributed by atoms with Crippen LogP contribution in [-0.4, -0.2) is 11.2 Å². The quantitative estimate of drug-likeness (QED) is 0.837. The minimum Gasteiger partial charge on any atom is -0.465 e. The Morgan fingerprint density at radius 3 is 2.56 bits per heavy atom. The smallest absolute Gasteiger partial charge is 0.409 e. The summed E-state index contributed by atoms with van der Waals surface area (Å²) in [4.78, 5) is 11.3. The van der Waals surface area contributed by atoms with Crippen LogP contribution in [0.1, 0.15) is 0 Å². The van der Waals surface area contributed by atoms with Crippen molar-refractivity contribution in [2.45, 2.75) is 0 Å². The number of halogens is 1. The second-order valence-corrected chi connectivity index (χ2v) is 4.02. The molecule has 3 nitrogen and oxygen atoms in total. The summed E-state index contributed by atoms with van der Waals surface area (Å²) < 4.78 is 12.7. The molecule has 0 aliphatic heterocycles. The summed E-state index contributed by atoms with van der Waals surface area (Å²) in [5.41, 5.74) is 1.31. The lowest BCUT2D eigenvalue weighted by atomic mass is 10.1. The van der Waals surface area contributed by atoms with E-state index in [4.69, 9.17) is 5.11 Å². The van der Waals surface area contributed by atoms with Crippen molar-refractivity contribution in [1.29, 1.82) is 0 Å². The molecule has 1 amide bonds. The highest BCUT2D eigenvalue weighted by Gasteiger charge is 2.08. The summed E-state index contributed by atoms with van der Waals surface area (Å²) in [5.74, 6) is -0.312. The molecule has 0 atom stereocenters. The molecule has 2 N–H and O–H groups in total. The van der Waals surface area contributed by atoms with Gasteiger partial charge in [0.15, 0.2) is 0 Å². The van der Waals surface area contributed by atoms with Crippen molar-refractivity contribution >= 4 is 23.1 Å². The molecule has 16 heavy (non-hydrogen) atoms. The Hall–Kier alpha value is -1.88. The Morgan fingerprint density at radius 1 is 1.25 bits per heavy atom. The van der Waals surface area contributed by atoms with Gasteiger partial charge in [0.2, 0.25) is 0 Å². The van der Waals surface area contributed by atoms with Gasteiger partial charge in [0, 0.05) is 0 Å². The SMILES string of the molecule is O=C(O)Nc1ccsc1-c1ccc(F)cc1. The molecule has 1 aromatic heterocycles. The predicted octanol–water partition coefficient (Wildman–Crippen LogP) is 3.64. The molecule has 82 valence electrons. The van der Waals surface area contributed by atoms with Gasteiger partial charge >= 0.3 is 6.09 Å². The fourth-order valence-electron chi connectivity index (χ4n) is 1.35. The van der Waals surface area contributed by atoms with E-state index in [0.29, 0.717) is 5.69 Å². The van der Waals surface area contributed by atoms with Gasteiger partial charge in [-0.2, -0.15) is 0 Å². The number of thiophene rings is 1. The summed E-state index contributed by atoms with van der Waals surface area (Å²) in [6.45, 7) is 0. The molecule has 5 heteroatoms. The summed E-state index contributed by atoms with van der Waals surface area (Å²) in [7, 11) is 0. The van der Waals surface area contributed by atoms with Gasteiger partial charge in [0.1, 0.15) is 5.82 Å². The number of benzene rings is 1. The summed E-state index contributed by atoms with van der Waals surface area (Å²) in [6, 6.07) is 7.61. The lowest BCUT2D eigenvalue weighted by Gasteiger charge is -2.03. The zero-order chi connectivity index (χ0) is 11.5. The first-order valence-electron chi connectivity index (χ1n) is 4.50. The Kier molecular flexibility index (Phi) is 2.87. The number of rotatable bonds is 2. The largest absolute Gasteiger partial charge is 0.465 e. The number of carbonyl (C=O) groups is 1. The van der Waals surface area contributed by atoms with Gasteiger partial charge in [-0.15, -0.1) is 11.3 Å². The van der Waals surface area contributed by atoms with Crippen molar-refractivity contribution in [3.8, 4) is 10.4 Å². The van der Waals surface area contributed by atoms with Crippen LogP contribution >= 0.6 is 11.3 Å². The maximum absolute atomic E-state index is 12.7. The van der Waals surface area contributed by atoms with E-state index in [2.05, 4.69) is 5.32 Å². The molecule has 0 fully saturated rings. The van der Waals surface area contributed by atoms with Crippen molar-refractivity contribution < 1.29 is 14.3 Å². The third-order valence-corrected chi connectivity index (χ3v) is 2.98. The lowest BCUT2D eigenvalue weighted by molar-refractivity contribution is 0.210. The normalized spacial score (nSPS) is 10.1. The van der Waals surface area contributed by atoms with Gasteiger partial charge in [0.25, 0.3) is 0 Å². The Bertz CT molecular complexity index is 507. The van der Waals surface area contributed by atoms with E-state index in [-0.39, 0.29) is 5.82 Å². The van der Waals surface area contributed by atoms with E-state index in [0.717, 1.165) is 10.4 Å². The lowest BCUT2D eigenvalue weighted by Crippen LogP contribution is -2.06. The van der Waals surface area contributed by atoms with E-state index in [1.165, 1.54) is 23.5 Å².